The quantitative estimate of drug-likeness (QED) is 0.631. The summed E-state index contributed by atoms with van der Waals surface area (Å²) in [6.45, 7) is 1.94. The van der Waals surface area contributed by atoms with Gasteiger partial charge in [0, 0.05) is 49.6 Å². The Labute approximate surface area is 169 Å². The smallest absolute Gasteiger partial charge is 0.475 e. The fourth-order valence-electron chi connectivity index (χ4n) is 2.86. The number of halogens is 4. The Bertz CT molecular complexity index is 1030. The number of nitrogens with one attached hydrogen (secondary N) is 1. The number of aliphatic carboxylic acids is 1. The molecule has 0 unspecified atom stereocenters. The van der Waals surface area contributed by atoms with Gasteiger partial charge in [0.1, 0.15) is 5.82 Å². The summed E-state index contributed by atoms with van der Waals surface area (Å²) in [5.74, 6) is -2.52. The number of hydrogen-bond donors (Lipinski definition) is 2. The van der Waals surface area contributed by atoms with Crippen LogP contribution in [0.2, 0.25) is 0 Å². The fourth-order valence-corrected chi connectivity index (χ4v) is 2.86. The molecule has 0 spiro atoms. The summed E-state index contributed by atoms with van der Waals surface area (Å²) in [6.07, 6.45) is -1.20. The second kappa shape index (κ2) is 8.62. The summed E-state index contributed by atoms with van der Waals surface area (Å²) in [5, 5.41) is 15.0. The van der Waals surface area contributed by atoms with Gasteiger partial charge in [0.05, 0.1) is 11.4 Å². The van der Waals surface area contributed by atoms with Crippen molar-refractivity contribution in [1.29, 1.82) is 0 Å². The van der Waals surface area contributed by atoms with Crippen LogP contribution in [0.15, 0.2) is 48.8 Å². The zero-order valence-corrected chi connectivity index (χ0v) is 15.8. The molecule has 1 aliphatic rings. The second-order valence-corrected chi connectivity index (χ2v) is 6.70. The molecule has 6 nitrogen and oxygen atoms in total. The van der Waals surface area contributed by atoms with Crippen molar-refractivity contribution in [3.05, 3.63) is 60.2 Å². The molecule has 2 aromatic heterocycles. The van der Waals surface area contributed by atoms with Crippen LogP contribution < -0.4 is 5.32 Å². The van der Waals surface area contributed by atoms with Crippen molar-refractivity contribution in [3.8, 4) is 22.5 Å². The minimum absolute atomic E-state index is 0.240. The largest absolute Gasteiger partial charge is 0.490 e. The van der Waals surface area contributed by atoms with Gasteiger partial charge in [-0.2, -0.15) is 18.3 Å². The minimum atomic E-state index is -5.08. The van der Waals surface area contributed by atoms with E-state index in [-0.39, 0.29) is 5.82 Å². The molecule has 0 aliphatic carbocycles. The monoisotopic (exact) mass is 422 g/mol. The Morgan fingerprint density at radius 1 is 1.17 bits per heavy atom. The number of pyridine rings is 1. The second-order valence-electron chi connectivity index (χ2n) is 6.70. The minimum Gasteiger partial charge on any atom is -0.475 e. The molecule has 1 aromatic carbocycles. The first-order chi connectivity index (χ1) is 14.1. The maximum Gasteiger partial charge on any atom is 0.490 e. The first-order valence-corrected chi connectivity index (χ1v) is 8.92. The van der Waals surface area contributed by atoms with E-state index in [0.717, 1.165) is 35.6 Å². The zero-order valence-electron chi connectivity index (χ0n) is 15.8. The van der Waals surface area contributed by atoms with E-state index < -0.39 is 12.1 Å². The van der Waals surface area contributed by atoms with E-state index in [1.165, 1.54) is 17.7 Å². The molecular formula is C20H18F4N4O2. The molecule has 1 aliphatic heterocycles. The predicted molar refractivity (Wildman–Crippen MR) is 101 cm³/mol. The molecule has 2 N–H and O–H groups in total. The number of hydrogen-bond acceptors (Lipinski definition) is 4. The van der Waals surface area contributed by atoms with Crippen LogP contribution in [-0.2, 0) is 11.8 Å². The summed E-state index contributed by atoms with van der Waals surface area (Å²) < 4.78 is 46.7. The lowest BCUT2D eigenvalue weighted by Crippen LogP contribution is -2.40. The Balaban J connectivity index is 0.000000318. The van der Waals surface area contributed by atoms with Gasteiger partial charge in [-0.1, -0.05) is 0 Å². The molecule has 0 bridgehead atoms. The van der Waals surface area contributed by atoms with Crippen LogP contribution in [-0.4, -0.2) is 45.1 Å². The number of carboxylic acids is 1. The molecule has 1 saturated heterocycles. The van der Waals surface area contributed by atoms with Crippen molar-refractivity contribution in [2.75, 3.05) is 13.1 Å². The van der Waals surface area contributed by atoms with Crippen LogP contribution in [0.25, 0.3) is 22.5 Å². The number of carboxylic acid groups (broad SMARTS) is 1. The van der Waals surface area contributed by atoms with Gasteiger partial charge >= 0.3 is 12.1 Å². The van der Waals surface area contributed by atoms with E-state index in [9.17, 15) is 17.6 Å². The van der Waals surface area contributed by atoms with Gasteiger partial charge in [-0.25, -0.2) is 9.18 Å². The maximum absolute atomic E-state index is 13.1. The normalized spacial score (nSPS) is 13.9. The van der Waals surface area contributed by atoms with E-state index in [4.69, 9.17) is 9.90 Å². The first-order valence-electron chi connectivity index (χ1n) is 8.92. The fraction of sp³-hybridized carbons (Fsp3) is 0.250. The number of aromatic nitrogens is 3. The third-order valence-electron chi connectivity index (χ3n) is 4.53. The third kappa shape index (κ3) is 5.01. The van der Waals surface area contributed by atoms with Crippen molar-refractivity contribution >= 4 is 5.97 Å². The first kappa shape index (κ1) is 21.4. The Hall–Kier alpha value is -3.27. The highest BCUT2D eigenvalue weighted by atomic mass is 19.4. The van der Waals surface area contributed by atoms with Crippen molar-refractivity contribution in [3.63, 3.8) is 0 Å². The van der Waals surface area contributed by atoms with Gasteiger partial charge in [0.25, 0.3) is 0 Å². The van der Waals surface area contributed by atoms with E-state index in [1.54, 1.807) is 16.8 Å². The lowest BCUT2D eigenvalue weighted by Gasteiger charge is -2.29. The zero-order chi connectivity index (χ0) is 21.9. The average molecular weight is 422 g/mol. The molecule has 0 amide bonds. The number of rotatable bonds is 3. The summed E-state index contributed by atoms with van der Waals surface area (Å²) in [4.78, 5) is 13.5. The van der Waals surface area contributed by atoms with Gasteiger partial charge in [0.2, 0.25) is 0 Å². The van der Waals surface area contributed by atoms with E-state index in [2.05, 4.69) is 21.5 Å². The number of alkyl halides is 3. The van der Waals surface area contributed by atoms with Crippen molar-refractivity contribution < 1.29 is 27.5 Å². The van der Waals surface area contributed by atoms with E-state index >= 15 is 0 Å². The molecule has 3 aromatic rings. The highest BCUT2D eigenvalue weighted by molar-refractivity contribution is 5.73. The van der Waals surface area contributed by atoms with Crippen molar-refractivity contribution in [1.82, 2.24) is 20.1 Å². The number of benzene rings is 1. The molecule has 1 fully saturated rings. The topological polar surface area (TPSA) is 80.0 Å². The Morgan fingerprint density at radius 2 is 1.80 bits per heavy atom. The lowest BCUT2D eigenvalue weighted by molar-refractivity contribution is -0.192. The van der Waals surface area contributed by atoms with Gasteiger partial charge in [0.15, 0.2) is 0 Å². The number of nitrogens with zero attached hydrogens (tertiary/aromatic N) is 3. The van der Waals surface area contributed by atoms with Crippen molar-refractivity contribution in [2.24, 2.45) is 7.05 Å². The molecule has 0 atom stereocenters. The van der Waals surface area contributed by atoms with Gasteiger partial charge in [-0.3, -0.25) is 9.67 Å². The van der Waals surface area contributed by atoms with Crippen molar-refractivity contribution in [2.45, 2.75) is 12.1 Å². The number of carbonyl (C=O) groups is 1. The van der Waals surface area contributed by atoms with Crippen LogP contribution in [0, 0.1) is 5.82 Å². The van der Waals surface area contributed by atoms with E-state index in [0.29, 0.717) is 5.92 Å². The average Bonchev–Trinajstić information content (AvgIpc) is 3.07. The SMILES string of the molecule is Cn1ccc(-c2cc(-c3ccc(F)cc3)ncc2C2CNC2)n1.O=C(O)C(F)(F)F. The Morgan fingerprint density at radius 3 is 2.27 bits per heavy atom. The van der Waals surface area contributed by atoms with Crippen LogP contribution in [0.4, 0.5) is 17.6 Å². The molecule has 0 saturated carbocycles. The summed E-state index contributed by atoms with van der Waals surface area (Å²) in [6, 6.07) is 10.5. The van der Waals surface area contributed by atoms with Gasteiger partial charge in [-0.15, -0.1) is 0 Å². The van der Waals surface area contributed by atoms with Crippen LogP contribution >= 0.6 is 0 Å². The molecule has 10 heteroatoms. The molecule has 0 radical (unpaired) electrons. The Kier molecular flexibility index (Phi) is 6.16. The highest BCUT2D eigenvalue weighted by Crippen LogP contribution is 2.33. The lowest BCUT2D eigenvalue weighted by atomic mass is 9.89. The predicted octanol–water partition coefficient (Wildman–Crippen LogP) is 3.61. The highest BCUT2D eigenvalue weighted by Gasteiger charge is 2.38. The molecule has 30 heavy (non-hydrogen) atoms. The molecule has 158 valence electrons. The molecule has 3 heterocycles. The van der Waals surface area contributed by atoms with Gasteiger partial charge in [-0.05, 0) is 42.0 Å². The van der Waals surface area contributed by atoms with Crippen LogP contribution in [0.5, 0.6) is 0 Å². The van der Waals surface area contributed by atoms with Crippen LogP contribution in [0.1, 0.15) is 11.5 Å². The third-order valence-corrected chi connectivity index (χ3v) is 4.53. The molecular weight excluding hydrogens is 404 g/mol. The standard InChI is InChI=1S/C18H17FN4.C2HF3O2/c1-23-7-6-17(22-23)15-8-18(12-2-4-14(19)5-3-12)21-11-16(15)13-9-20-10-13;3-2(4,5)1(6)7/h2-8,11,13,20H,9-10H2,1H3;(H,6,7). The van der Waals surface area contributed by atoms with E-state index in [1.807, 2.05) is 25.5 Å². The summed E-state index contributed by atoms with van der Waals surface area (Å²) >= 11 is 0. The summed E-state index contributed by atoms with van der Waals surface area (Å²) in [5.41, 5.74) is 5.00. The number of aryl methyl sites for hydroxylation is 1. The van der Waals surface area contributed by atoms with Crippen LogP contribution in [0.3, 0.4) is 0 Å². The molecule has 4 rings (SSSR count). The summed E-state index contributed by atoms with van der Waals surface area (Å²) in [7, 11) is 1.91. The van der Waals surface area contributed by atoms with Gasteiger partial charge < -0.3 is 10.4 Å². The maximum atomic E-state index is 13.1.